The molecule has 7 aromatic rings. The maximum absolute atomic E-state index is 4.95. The molecule has 5 aromatic carbocycles. The maximum Gasteiger partial charge on any atom is 0.164 e. The summed E-state index contributed by atoms with van der Waals surface area (Å²) in [5.41, 5.74) is 6.41. The van der Waals surface area contributed by atoms with Crippen molar-refractivity contribution in [3.8, 4) is 45.3 Å². The quantitative estimate of drug-likeness (QED) is 0.239. The first-order valence-corrected chi connectivity index (χ1v) is 13.4. The molecule has 0 aliphatic heterocycles. The van der Waals surface area contributed by atoms with Crippen LogP contribution in [-0.2, 0) is 0 Å². The average molecular weight is 506 g/mol. The lowest BCUT2D eigenvalue weighted by Gasteiger charge is -2.12. The van der Waals surface area contributed by atoms with Crippen LogP contribution in [0.25, 0.3) is 65.5 Å². The third kappa shape index (κ3) is 4.05. The van der Waals surface area contributed by atoms with Crippen molar-refractivity contribution in [1.82, 2.24) is 15.0 Å². The Morgan fingerprint density at radius 2 is 1.00 bits per heavy atom. The van der Waals surface area contributed by atoms with Crippen molar-refractivity contribution in [1.29, 1.82) is 0 Å². The predicted octanol–water partition coefficient (Wildman–Crippen LogP) is 9.22. The molecule has 0 saturated carbocycles. The molecule has 3 nitrogen and oxygen atoms in total. The van der Waals surface area contributed by atoms with Crippen LogP contribution in [0, 0.1) is 6.92 Å². The summed E-state index contributed by atoms with van der Waals surface area (Å²) in [6, 6.07) is 42.1. The van der Waals surface area contributed by atoms with Gasteiger partial charge in [-0.2, -0.15) is 0 Å². The Morgan fingerprint density at radius 3 is 1.71 bits per heavy atom. The molecule has 0 bridgehead atoms. The molecule has 0 N–H and O–H groups in total. The zero-order valence-electron chi connectivity index (χ0n) is 20.8. The lowest BCUT2D eigenvalue weighted by atomic mass is 9.98. The summed E-state index contributed by atoms with van der Waals surface area (Å²) >= 11 is 1.84. The molecule has 38 heavy (non-hydrogen) atoms. The van der Waals surface area contributed by atoms with E-state index in [9.17, 15) is 0 Å². The number of hydrogen-bond acceptors (Lipinski definition) is 4. The van der Waals surface area contributed by atoms with Gasteiger partial charge >= 0.3 is 0 Å². The molecule has 0 spiro atoms. The second kappa shape index (κ2) is 9.33. The smallest absolute Gasteiger partial charge is 0.164 e. The van der Waals surface area contributed by atoms with Crippen molar-refractivity contribution < 1.29 is 0 Å². The van der Waals surface area contributed by atoms with Gasteiger partial charge in [0.1, 0.15) is 0 Å². The third-order valence-electron chi connectivity index (χ3n) is 6.89. The van der Waals surface area contributed by atoms with E-state index in [2.05, 4.69) is 67.6 Å². The number of fused-ring (bicyclic) bond motifs is 3. The summed E-state index contributed by atoms with van der Waals surface area (Å²) in [6.45, 7) is 2.11. The van der Waals surface area contributed by atoms with E-state index in [-0.39, 0.29) is 0 Å². The fourth-order valence-electron chi connectivity index (χ4n) is 4.88. The van der Waals surface area contributed by atoms with Crippen molar-refractivity contribution in [3.05, 3.63) is 127 Å². The van der Waals surface area contributed by atoms with Crippen molar-refractivity contribution in [2.45, 2.75) is 6.92 Å². The number of rotatable bonds is 4. The Bertz CT molecular complexity index is 1870. The topological polar surface area (TPSA) is 38.7 Å². The summed E-state index contributed by atoms with van der Waals surface area (Å²) in [5.74, 6) is 2.02. The molecule has 0 fully saturated rings. The summed E-state index contributed by atoms with van der Waals surface area (Å²) in [6.07, 6.45) is 0. The fraction of sp³-hybridized carbons (Fsp3) is 0.0294. The number of thiophene rings is 1. The number of benzene rings is 5. The number of aryl methyl sites for hydroxylation is 1. The second-order valence-corrected chi connectivity index (χ2v) is 10.5. The molecule has 0 amide bonds. The highest BCUT2D eigenvalue weighted by atomic mass is 32.1. The van der Waals surface area contributed by atoms with E-state index in [1.165, 1.54) is 25.7 Å². The summed E-state index contributed by atoms with van der Waals surface area (Å²) in [4.78, 5) is 14.8. The van der Waals surface area contributed by atoms with Crippen LogP contribution in [0.2, 0.25) is 0 Å². The van der Waals surface area contributed by atoms with Crippen LogP contribution in [0.3, 0.4) is 0 Å². The molecule has 2 heterocycles. The monoisotopic (exact) mass is 505 g/mol. The Balaban J connectivity index is 1.38. The highest BCUT2D eigenvalue weighted by Gasteiger charge is 2.15. The molecular weight excluding hydrogens is 482 g/mol. The molecule has 0 aliphatic rings. The molecule has 0 saturated heterocycles. The largest absolute Gasteiger partial charge is 0.208 e. The number of nitrogens with zero attached hydrogens (tertiary/aromatic N) is 3. The Morgan fingerprint density at radius 1 is 0.447 bits per heavy atom. The first-order valence-electron chi connectivity index (χ1n) is 12.6. The van der Waals surface area contributed by atoms with Gasteiger partial charge in [-0.1, -0.05) is 103 Å². The first kappa shape index (κ1) is 22.5. The third-order valence-corrected chi connectivity index (χ3v) is 8.02. The van der Waals surface area contributed by atoms with Crippen molar-refractivity contribution in [2.75, 3.05) is 0 Å². The normalized spacial score (nSPS) is 11.3. The average Bonchev–Trinajstić information content (AvgIpc) is 3.36. The lowest BCUT2D eigenvalue weighted by molar-refractivity contribution is 1.07. The summed E-state index contributed by atoms with van der Waals surface area (Å²) in [7, 11) is 0. The van der Waals surface area contributed by atoms with Crippen LogP contribution in [0.1, 0.15) is 5.56 Å². The Labute approximate surface area is 225 Å². The van der Waals surface area contributed by atoms with Gasteiger partial charge in [0.05, 0.1) is 0 Å². The minimum atomic E-state index is 0.672. The predicted molar refractivity (Wildman–Crippen MR) is 159 cm³/mol. The Kier molecular flexibility index (Phi) is 5.53. The van der Waals surface area contributed by atoms with Gasteiger partial charge < -0.3 is 0 Å². The molecule has 7 rings (SSSR count). The van der Waals surface area contributed by atoms with Crippen LogP contribution in [0.4, 0.5) is 0 Å². The van der Waals surface area contributed by atoms with Crippen LogP contribution in [-0.4, -0.2) is 15.0 Å². The SMILES string of the molecule is Cc1ccc(-c2ccc3c(c2)sc2ccccc23)cc1-c1nc(-c2ccccc2)nc(-c2ccccc2)n1. The van der Waals surface area contributed by atoms with E-state index in [4.69, 9.17) is 15.0 Å². The number of hydrogen-bond donors (Lipinski definition) is 0. The van der Waals surface area contributed by atoms with Crippen molar-refractivity contribution >= 4 is 31.5 Å². The first-order chi connectivity index (χ1) is 18.7. The fourth-order valence-corrected chi connectivity index (χ4v) is 6.02. The zero-order chi connectivity index (χ0) is 25.5. The maximum atomic E-state index is 4.95. The van der Waals surface area contributed by atoms with Crippen LogP contribution < -0.4 is 0 Å². The molecule has 0 atom stereocenters. The molecular formula is C34H23N3S. The number of aromatic nitrogens is 3. The minimum absolute atomic E-state index is 0.672. The van der Waals surface area contributed by atoms with Crippen LogP contribution in [0.15, 0.2) is 121 Å². The summed E-state index contributed by atoms with van der Waals surface area (Å²) in [5, 5.41) is 2.62. The molecule has 4 heteroatoms. The standard InChI is InChI=1S/C34H23N3S/c1-22-16-17-25(26-18-19-28-27-14-8-9-15-30(27)38-31(28)21-26)20-29(22)34-36-32(23-10-4-2-5-11-23)35-33(37-34)24-12-6-3-7-13-24/h2-21H,1H3. The van der Waals surface area contributed by atoms with Crippen LogP contribution >= 0.6 is 11.3 Å². The van der Waals surface area contributed by atoms with Gasteiger partial charge in [0.25, 0.3) is 0 Å². The van der Waals surface area contributed by atoms with Gasteiger partial charge in [-0.15, -0.1) is 11.3 Å². The molecule has 180 valence electrons. The van der Waals surface area contributed by atoms with Crippen LogP contribution in [0.5, 0.6) is 0 Å². The summed E-state index contributed by atoms with van der Waals surface area (Å²) < 4.78 is 2.61. The molecule has 0 aliphatic carbocycles. The highest BCUT2D eigenvalue weighted by molar-refractivity contribution is 7.25. The van der Waals surface area contributed by atoms with Gasteiger partial charge in [-0.05, 0) is 41.8 Å². The van der Waals surface area contributed by atoms with Gasteiger partial charge in [0.2, 0.25) is 0 Å². The van der Waals surface area contributed by atoms with Crippen molar-refractivity contribution in [2.24, 2.45) is 0 Å². The van der Waals surface area contributed by atoms with E-state index in [0.717, 1.165) is 27.8 Å². The Hall–Kier alpha value is -4.67. The van der Waals surface area contributed by atoms with Gasteiger partial charge in [0.15, 0.2) is 17.5 Å². The van der Waals surface area contributed by atoms with E-state index in [1.807, 2.05) is 72.0 Å². The van der Waals surface area contributed by atoms with Crippen molar-refractivity contribution in [3.63, 3.8) is 0 Å². The van der Waals surface area contributed by atoms with Gasteiger partial charge in [-0.3, -0.25) is 0 Å². The molecule has 0 radical (unpaired) electrons. The molecule has 2 aromatic heterocycles. The van der Waals surface area contributed by atoms with E-state index >= 15 is 0 Å². The van der Waals surface area contributed by atoms with E-state index in [0.29, 0.717) is 17.5 Å². The van der Waals surface area contributed by atoms with E-state index < -0.39 is 0 Å². The molecule has 0 unspecified atom stereocenters. The second-order valence-electron chi connectivity index (χ2n) is 9.38. The highest BCUT2D eigenvalue weighted by Crippen LogP contribution is 2.37. The van der Waals surface area contributed by atoms with Gasteiger partial charge in [-0.25, -0.2) is 15.0 Å². The lowest BCUT2D eigenvalue weighted by Crippen LogP contribution is -2.01. The zero-order valence-corrected chi connectivity index (χ0v) is 21.6. The van der Waals surface area contributed by atoms with E-state index in [1.54, 1.807) is 0 Å². The van der Waals surface area contributed by atoms with Gasteiger partial charge in [0, 0.05) is 36.9 Å². The minimum Gasteiger partial charge on any atom is -0.208 e.